The highest BCUT2D eigenvalue weighted by molar-refractivity contribution is 6.20. The lowest BCUT2D eigenvalue weighted by atomic mass is 9.93. The molecule has 0 aliphatic carbocycles. The summed E-state index contributed by atoms with van der Waals surface area (Å²) in [4.78, 5) is 2.57. The first-order valence-corrected chi connectivity index (χ1v) is 7.09. The van der Waals surface area contributed by atoms with E-state index in [-0.39, 0.29) is 0 Å². The minimum Gasteiger partial charge on any atom is -0.296 e. The Labute approximate surface area is 110 Å². The number of hydrogen-bond acceptors (Lipinski definition) is 1. The average molecular weight is 252 g/mol. The van der Waals surface area contributed by atoms with Crippen LogP contribution in [0.4, 0.5) is 0 Å². The minimum atomic E-state index is 0.374. The normalized spacial score (nSPS) is 27.9. The summed E-state index contributed by atoms with van der Waals surface area (Å²) in [6.07, 6.45) is 2.31. The maximum Gasteiger partial charge on any atom is 0.0388 e. The van der Waals surface area contributed by atoms with Crippen molar-refractivity contribution in [1.29, 1.82) is 0 Å². The molecule has 1 fully saturated rings. The van der Waals surface area contributed by atoms with Crippen molar-refractivity contribution in [2.75, 3.05) is 13.1 Å². The molecular formula is C15H22ClN. The monoisotopic (exact) mass is 251 g/mol. The summed E-state index contributed by atoms with van der Waals surface area (Å²) >= 11 is 6.37. The summed E-state index contributed by atoms with van der Waals surface area (Å²) < 4.78 is 0. The molecule has 1 nitrogen and oxygen atoms in total. The fourth-order valence-corrected chi connectivity index (χ4v) is 3.07. The maximum absolute atomic E-state index is 6.37. The Bertz CT molecular complexity index is 338. The molecule has 1 saturated heterocycles. The van der Waals surface area contributed by atoms with Gasteiger partial charge >= 0.3 is 0 Å². The molecule has 0 unspecified atom stereocenters. The molecule has 1 aromatic rings. The topological polar surface area (TPSA) is 3.24 Å². The van der Waals surface area contributed by atoms with Gasteiger partial charge in [0.25, 0.3) is 0 Å². The standard InChI is InChI=1S/C15H22ClN/c1-3-13-11-17(10-9-15(13)16)12(2)14-7-5-4-6-8-14/h4-8,12-13,15H,3,9-11H2,1-2H3/t12-,13+,15+/m0/s1. The SMILES string of the molecule is CC[C@@H]1CN([C@@H](C)c2ccccc2)CC[C@H]1Cl. The van der Waals surface area contributed by atoms with Gasteiger partial charge in [0.1, 0.15) is 0 Å². The molecule has 1 heterocycles. The highest BCUT2D eigenvalue weighted by atomic mass is 35.5. The molecule has 0 saturated carbocycles. The minimum absolute atomic E-state index is 0.374. The van der Waals surface area contributed by atoms with Crippen LogP contribution in [0.3, 0.4) is 0 Å². The molecule has 0 bridgehead atoms. The van der Waals surface area contributed by atoms with E-state index >= 15 is 0 Å². The molecule has 17 heavy (non-hydrogen) atoms. The third kappa shape index (κ3) is 3.02. The van der Waals surface area contributed by atoms with Gasteiger partial charge in [-0.3, -0.25) is 4.90 Å². The van der Waals surface area contributed by atoms with Gasteiger partial charge in [-0.2, -0.15) is 0 Å². The van der Waals surface area contributed by atoms with Crippen molar-refractivity contribution in [2.24, 2.45) is 5.92 Å². The lowest BCUT2D eigenvalue weighted by Crippen LogP contribution is -2.42. The highest BCUT2D eigenvalue weighted by Crippen LogP contribution is 2.30. The van der Waals surface area contributed by atoms with Gasteiger partial charge in [0.15, 0.2) is 0 Å². The molecule has 2 heteroatoms. The van der Waals surface area contributed by atoms with Gasteiger partial charge in [-0.25, -0.2) is 0 Å². The van der Waals surface area contributed by atoms with E-state index in [9.17, 15) is 0 Å². The predicted molar refractivity (Wildman–Crippen MR) is 74.5 cm³/mol. The van der Waals surface area contributed by atoms with E-state index in [4.69, 9.17) is 11.6 Å². The van der Waals surface area contributed by atoms with Crippen molar-refractivity contribution < 1.29 is 0 Å². The summed E-state index contributed by atoms with van der Waals surface area (Å²) in [5, 5.41) is 0.374. The van der Waals surface area contributed by atoms with Crippen LogP contribution in [0.2, 0.25) is 0 Å². The predicted octanol–water partition coefficient (Wildman–Crippen LogP) is 4.09. The Morgan fingerprint density at radius 3 is 2.71 bits per heavy atom. The number of halogens is 1. The molecular weight excluding hydrogens is 230 g/mol. The van der Waals surface area contributed by atoms with Crippen LogP contribution >= 0.6 is 11.6 Å². The summed E-state index contributed by atoms with van der Waals surface area (Å²) in [5.74, 6) is 0.650. The van der Waals surface area contributed by atoms with Crippen LogP contribution in [0.5, 0.6) is 0 Å². The van der Waals surface area contributed by atoms with Gasteiger partial charge in [0.05, 0.1) is 0 Å². The fourth-order valence-electron chi connectivity index (χ4n) is 2.71. The lowest BCUT2D eigenvalue weighted by molar-refractivity contribution is 0.132. The molecule has 0 spiro atoms. The smallest absolute Gasteiger partial charge is 0.0388 e. The Balaban J connectivity index is 2.03. The summed E-state index contributed by atoms with van der Waals surface area (Å²) in [7, 11) is 0. The van der Waals surface area contributed by atoms with E-state index in [0.717, 1.165) is 19.5 Å². The molecule has 1 aliphatic rings. The van der Waals surface area contributed by atoms with Crippen LogP contribution in [-0.2, 0) is 0 Å². The number of nitrogens with zero attached hydrogens (tertiary/aromatic N) is 1. The Morgan fingerprint density at radius 2 is 2.06 bits per heavy atom. The van der Waals surface area contributed by atoms with E-state index in [0.29, 0.717) is 17.3 Å². The first-order valence-electron chi connectivity index (χ1n) is 6.65. The van der Waals surface area contributed by atoms with Gasteiger partial charge < -0.3 is 0 Å². The number of alkyl halides is 1. The molecule has 2 rings (SSSR count). The van der Waals surface area contributed by atoms with Crippen LogP contribution in [0, 0.1) is 5.92 Å². The summed E-state index contributed by atoms with van der Waals surface area (Å²) in [6.45, 7) is 6.81. The van der Waals surface area contributed by atoms with Gasteiger partial charge in [-0.15, -0.1) is 11.6 Å². The summed E-state index contributed by atoms with van der Waals surface area (Å²) in [5.41, 5.74) is 1.41. The first-order chi connectivity index (χ1) is 8.22. The van der Waals surface area contributed by atoms with Gasteiger partial charge in [0.2, 0.25) is 0 Å². The first kappa shape index (κ1) is 12.9. The van der Waals surface area contributed by atoms with Crippen LogP contribution in [0.15, 0.2) is 30.3 Å². The lowest BCUT2D eigenvalue weighted by Gasteiger charge is -2.39. The molecule has 0 amide bonds. The Morgan fingerprint density at radius 1 is 1.35 bits per heavy atom. The van der Waals surface area contributed by atoms with Crippen molar-refractivity contribution in [3.05, 3.63) is 35.9 Å². The number of likely N-dealkylation sites (tertiary alicyclic amines) is 1. The molecule has 1 aliphatic heterocycles. The van der Waals surface area contributed by atoms with E-state index in [2.05, 4.69) is 49.1 Å². The fraction of sp³-hybridized carbons (Fsp3) is 0.600. The number of rotatable bonds is 3. The Hall–Kier alpha value is -0.530. The average Bonchev–Trinajstić information content (AvgIpc) is 2.39. The van der Waals surface area contributed by atoms with Crippen LogP contribution < -0.4 is 0 Å². The maximum atomic E-state index is 6.37. The van der Waals surface area contributed by atoms with E-state index in [1.54, 1.807) is 0 Å². The molecule has 94 valence electrons. The third-order valence-electron chi connectivity index (χ3n) is 4.03. The molecule has 0 N–H and O–H groups in total. The second-order valence-electron chi connectivity index (χ2n) is 5.05. The van der Waals surface area contributed by atoms with E-state index in [1.165, 1.54) is 12.0 Å². The van der Waals surface area contributed by atoms with E-state index in [1.807, 2.05) is 0 Å². The molecule has 1 aromatic carbocycles. The number of hydrogen-bond donors (Lipinski definition) is 0. The summed E-state index contributed by atoms with van der Waals surface area (Å²) in [6, 6.07) is 11.3. The van der Waals surface area contributed by atoms with Crippen molar-refractivity contribution >= 4 is 11.6 Å². The number of benzene rings is 1. The molecule has 3 atom stereocenters. The zero-order valence-electron chi connectivity index (χ0n) is 10.8. The Kier molecular flexibility index (Phi) is 4.47. The third-order valence-corrected chi connectivity index (χ3v) is 4.60. The highest BCUT2D eigenvalue weighted by Gasteiger charge is 2.29. The second kappa shape index (κ2) is 5.88. The second-order valence-corrected chi connectivity index (χ2v) is 5.62. The van der Waals surface area contributed by atoms with Crippen molar-refractivity contribution in [1.82, 2.24) is 4.90 Å². The quantitative estimate of drug-likeness (QED) is 0.732. The molecule has 0 radical (unpaired) electrons. The van der Waals surface area contributed by atoms with Gasteiger partial charge in [-0.05, 0) is 24.8 Å². The van der Waals surface area contributed by atoms with E-state index < -0.39 is 0 Å². The van der Waals surface area contributed by atoms with Crippen molar-refractivity contribution in [3.8, 4) is 0 Å². The van der Waals surface area contributed by atoms with Crippen LogP contribution in [0.25, 0.3) is 0 Å². The van der Waals surface area contributed by atoms with Crippen LogP contribution in [-0.4, -0.2) is 23.4 Å². The van der Waals surface area contributed by atoms with Gasteiger partial charge in [0, 0.05) is 24.5 Å². The van der Waals surface area contributed by atoms with Crippen molar-refractivity contribution in [2.45, 2.75) is 38.1 Å². The number of piperidine rings is 1. The molecule has 0 aromatic heterocycles. The largest absolute Gasteiger partial charge is 0.296 e. The zero-order valence-corrected chi connectivity index (χ0v) is 11.5. The zero-order chi connectivity index (χ0) is 12.3. The van der Waals surface area contributed by atoms with Crippen LogP contribution in [0.1, 0.15) is 38.3 Å². The van der Waals surface area contributed by atoms with Gasteiger partial charge in [-0.1, -0.05) is 43.7 Å². The van der Waals surface area contributed by atoms with Crippen molar-refractivity contribution in [3.63, 3.8) is 0 Å².